The van der Waals surface area contributed by atoms with Gasteiger partial charge in [-0.2, -0.15) is 0 Å². The highest BCUT2D eigenvalue weighted by Gasteiger charge is 2.04. The predicted molar refractivity (Wildman–Crippen MR) is 72.2 cm³/mol. The average molecular weight is 236 g/mol. The minimum absolute atomic E-state index is 1.14. The van der Waals surface area contributed by atoms with Gasteiger partial charge in [0.2, 0.25) is 0 Å². The zero-order valence-corrected chi connectivity index (χ0v) is 10.9. The molecule has 2 heteroatoms. The molecular weight excluding hydrogens is 220 g/mol. The van der Waals surface area contributed by atoms with Crippen molar-refractivity contribution in [3.63, 3.8) is 0 Å². The first kappa shape index (κ1) is 11.0. The van der Waals surface area contributed by atoms with Gasteiger partial charge in [-0.15, -0.1) is 23.1 Å². The van der Waals surface area contributed by atoms with Crippen LogP contribution >= 0.6 is 23.1 Å². The van der Waals surface area contributed by atoms with Gasteiger partial charge in [0.15, 0.2) is 0 Å². The SMILES string of the molecule is CCCSc1cc2sccc2cc1CC. The first-order valence-corrected chi connectivity index (χ1v) is 7.34. The second kappa shape index (κ2) is 5.04. The molecule has 0 atom stereocenters. The van der Waals surface area contributed by atoms with E-state index in [2.05, 4.69) is 37.4 Å². The number of thioether (sulfide) groups is 1. The highest BCUT2D eigenvalue weighted by atomic mass is 32.2. The zero-order valence-electron chi connectivity index (χ0n) is 9.25. The lowest BCUT2D eigenvalue weighted by Crippen LogP contribution is -1.86. The normalized spacial score (nSPS) is 11.1. The summed E-state index contributed by atoms with van der Waals surface area (Å²) in [6.07, 6.45) is 2.38. The number of fused-ring (bicyclic) bond motifs is 1. The molecule has 1 aromatic heterocycles. The molecular formula is C13H16S2. The van der Waals surface area contributed by atoms with Gasteiger partial charge in [-0.3, -0.25) is 0 Å². The van der Waals surface area contributed by atoms with Gasteiger partial charge < -0.3 is 0 Å². The standard InChI is InChI=1S/C13H16S2/c1-3-6-14-12-9-13-11(5-7-15-13)8-10(12)4-2/h5,7-9H,3-4,6H2,1-2H3. The Hall–Kier alpha value is -0.470. The summed E-state index contributed by atoms with van der Waals surface area (Å²) in [5.74, 6) is 1.23. The van der Waals surface area contributed by atoms with E-state index in [0.717, 1.165) is 6.42 Å². The third-order valence-corrected chi connectivity index (χ3v) is 4.66. The molecule has 0 radical (unpaired) electrons. The quantitative estimate of drug-likeness (QED) is 0.676. The van der Waals surface area contributed by atoms with Gasteiger partial charge in [-0.25, -0.2) is 0 Å². The maximum Gasteiger partial charge on any atom is 0.0354 e. The van der Waals surface area contributed by atoms with E-state index >= 15 is 0 Å². The average Bonchev–Trinajstić information content (AvgIpc) is 2.71. The third kappa shape index (κ3) is 2.37. The number of benzene rings is 1. The lowest BCUT2D eigenvalue weighted by molar-refractivity contribution is 1.07. The number of hydrogen-bond donors (Lipinski definition) is 0. The second-order valence-electron chi connectivity index (χ2n) is 3.62. The zero-order chi connectivity index (χ0) is 10.7. The van der Waals surface area contributed by atoms with Crippen LogP contribution in [-0.4, -0.2) is 5.75 Å². The van der Waals surface area contributed by atoms with Crippen molar-refractivity contribution >= 4 is 33.2 Å². The van der Waals surface area contributed by atoms with E-state index in [1.165, 1.54) is 32.7 Å². The van der Waals surface area contributed by atoms with E-state index in [-0.39, 0.29) is 0 Å². The van der Waals surface area contributed by atoms with Crippen LogP contribution in [0.5, 0.6) is 0 Å². The van der Waals surface area contributed by atoms with E-state index < -0.39 is 0 Å². The molecule has 1 heterocycles. The van der Waals surface area contributed by atoms with E-state index in [4.69, 9.17) is 0 Å². The minimum Gasteiger partial charge on any atom is -0.144 e. The van der Waals surface area contributed by atoms with Crippen molar-refractivity contribution in [2.75, 3.05) is 5.75 Å². The summed E-state index contributed by atoms with van der Waals surface area (Å²) in [6.45, 7) is 4.48. The fourth-order valence-electron chi connectivity index (χ4n) is 1.66. The smallest absolute Gasteiger partial charge is 0.0354 e. The van der Waals surface area contributed by atoms with Crippen molar-refractivity contribution in [1.29, 1.82) is 0 Å². The maximum absolute atomic E-state index is 2.36. The Morgan fingerprint density at radius 1 is 1.27 bits per heavy atom. The lowest BCUT2D eigenvalue weighted by atomic mass is 10.1. The third-order valence-electron chi connectivity index (χ3n) is 2.48. The molecule has 0 aliphatic carbocycles. The van der Waals surface area contributed by atoms with Crippen molar-refractivity contribution in [2.45, 2.75) is 31.6 Å². The molecule has 15 heavy (non-hydrogen) atoms. The molecule has 2 rings (SSSR count). The monoisotopic (exact) mass is 236 g/mol. The van der Waals surface area contributed by atoms with Gasteiger partial charge in [-0.1, -0.05) is 13.8 Å². The summed E-state index contributed by atoms with van der Waals surface area (Å²) < 4.78 is 1.42. The van der Waals surface area contributed by atoms with Crippen LogP contribution in [-0.2, 0) is 6.42 Å². The Bertz CT molecular complexity index is 443. The first-order valence-electron chi connectivity index (χ1n) is 5.48. The predicted octanol–water partition coefficient (Wildman–Crippen LogP) is 4.97. The molecule has 0 aliphatic rings. The molecule has 0 fully saturated rings. The first-order chi connectivity index (χ1) is 7.35. The fraction of sp³-hybridized carbons (Fsp3) is 0.385. The fourth-order valence-corrected chi connectivity index (χ4v) is 3.56. The highest BCUT2D eigenvalue weighted by Crippen LogP contribution is 2.31. The van der Waals surface area contributed by atoms with Crippen LogP contribution in [0.4, 0.5) is 0 Å². The minimum atomic E-state index is 1.14. The summed E-state index contributed by atoms with van der Waals surface area (Å²) in [5.41, 5.74) is 1.50. The van der Waals surface area contributed by atoms with Crippen LogP contribution in [0.3, 0.4) is 0 Å². The molecule has 0 bridgehead atoms. The molecule has 0 aliphatic heterocycles. The summed E-state index contributed by atoms with van der Waals surface area (Å²) in [7, 11) is 0. The Morgan fingerprint density at radius 2 is 2.13 bits per heavy atom. The molecule has 0 nitrogen and oxygen atoms in total. The molecule has 80 valence electrons. The topological polar surface area (TPSA) is 0 Å². The van der Waals surface area contributed by atoms with Crippen LogP contribution in [0.25, 0.3) is 10.1 Å². The van der Waals surface area contributed by atoms with Crippen molar-refractivity contribution in [3.05, 3.63) is 29.1 Å². The van der Waals surface area contributed by atoms with Crippen molar-refractivity contribution in [3.8, 4) is 0 Å². The summed E-state index contributed by atoms with van der Waals surface area (Å²) in [5, 5.41) is 3.58. The Balaban J connectivity index is 2.40. The van der Waals surface area contributed by atoms with E-state index in [0.29, 0.717) is 0 Å². The van der Waals surface area contributed by atoms with Crippen LogP contribution in [0.15, 0.2) is 28.5 Å². The number of thiophene rings is 1. The Labute approximate surface area is 99.7 Å². The summed E-state index contributed by atoms with van der Waals surface area (Å²) in [6, 6.07) is 6.93. The van der Waals surface area contributed by atoms with Crippen LogP contribution in [0.2, 0.25) is 0 Å². The summed E-state index contributed by atoms with van der Waals surface area (Å²) in [4.78, 5) is 1.48. The van der Waals surface area contributed by atoms with Crippen molar-refractivity contribution < 1.29 is 0 Å². The van der Waals surface area contributed by atoms with Crippen LogP contribution in [0, 0.1) is 0 Å². The van der Waals surface area contributed by atoms with Gasteiger partial charge in [-0.05, 0) is 53.1 Å². The molecule has 0 unspecified atom stereocenters. The molecule has 0 saturated carbocycles. The number of hydrogen-bond acceptors (Lipinski definition) is 2. The molecule has 2 aromatic rings. The molecule has 0 spiro atoms. The largest absolute Gasteiger partial charge is 0.144 e. The molecule has 0 saturated heterocycles. The van der Waals surface area contributed by atoms with Crippen LogP contribution < -0.4 is 0 Å². The Morgan fingerprint density at radius 3 is 2.87 bits per heavy atom. The van der Waals surface area contributed by atoms with Crippen LogP contribution in [0.1, 0.15) is 25.8 Å². The van der Waals surface area contributed by atoms with E-state index in [1.54, 1.807) is 0 Å². The van der Waals surface area contributed by atoms with Gasteiger partial charge in [0.1, 0.15) is 0 Å². The molecule has 1 aromatic carbocycles. The molecule has 0 N–H and O–H groups in total. The van der Waals surface area contributed by atoms with Crippen molar-refractivity contribution in [2.24, 2.45) is 0 Å². The van der Waals surface area contributed by atoms with Crippen molar-refractivity contribution in [1.82, 2.24) is 0 Å². The maximum atomic E-state index is 2.36. The van der Waals surface area contributed by atoms with Gasteiger partial charge in [0.05, 0.1) is 0 Å². The summed E-state index contributed by atoms with van der Waals surface area (Å²) >= 11 is 3.84. The highest BCUT2D eigenvalue weighted by molar-refractivity contribution is 7.99. The number of rotatable bonds is 4. The second-order valence-corrected chi connectivity index (χ2v) is 5.70. The van der Waals surface area contributed by atoms with Gasteiger partial charge >= 0.3 is 0 Å². The van der Waals surface area contributed by atoms with Gasteiger partial charge in [0.25, 0.3) is 0 Å². The molecule has 0 amide bonds. The Kier molecular flexibility index (Phi) is 3.71. The van der Waals surface area contributed by atoms with Gasteiger partial charge in [0, 0.05) is 9.60 Å². The van der Waals surface area contributed by atoms with E-state index in [9.17, 15) is 0 Å². The lowest BCUT2D eigenvalue weighted by Gasteiger charge is -2.07. The van der Waals surface area contributed by atoms with E-state index in [1.807, 2.05) is 23.1 Å². The number of aryl methyl sites for hydroxylation is 1.